The fraction of sp³-hybridized carbons (Fsp3) is 0.263. The number of aromatic nitrogens is 1. The van der Waals surface area contributed by atoms with Gasteiger partial charge in [-0.3, -0.25) is 9.59 Å². The molecule has 0 saturated carbocycles. The minimum absolute atomic E-state index is 0.0112. The molecule has 0 radical (unpaired) electrons. The average Bonchev–Trinajstić information content (AvgIpc) is 3.01. The Balaban J connectivity index is 1.65. The van der Waals surface area contributed by atoms with Gasteiger partial charge in [-0.2, -0.15) is 0 Å². The van der Waals surface area contributed by atoms with E-state index >= 15 is 0 Å². The molecule has 1 amide bonds. The summed E-state index contributed by atoms with van der Waals surface area (Å²) in [6, 6.07) is 9.87. The van der Waals surface area contributed by atoms with Crippen molar-refractivity contribution in [2.24, 2.45) is 0 Å². The van der Waals surface area contributed by atoms with Gasteiger partial charge in [0.15, 0.2) is 0 Å². The third-order valence-corrected chi connectivity index (χ3v) is 5.01. The van der Waals surface area contributed by atoms with Gasteiger partial charge in [0.25, 0.3) is 0 Å². The van der Waals surface area contributed by atoms with Crippen molar-refractivity contribution in [3.05, 3.63) is 76.0 Å². The molecule has 1 saturated heterocycles. The lowest BCUT2D eigenvalue weighted by molar-refractivity contribution is -0.127. The van der Waals surface area contributed by atoms with Crippen LogP contribution >= 0.6 is 0 Å². The maximum absolute atomic E-state index is 13.2. The Hall–Kier alpha value is -2.69. The van der Waals surface area contributed by atoms with Gasteiger partial charge < -0.3 is 9.88 Å². The summed E-state index contributed by atoms with van der Waals surface area (Å²) < 4.78 is 13.2. The lowest BCUT2D eigenvalue weighted by atomic mass is 9.85. The first-order valence-corrected chi connectivity index (χ1v) is 8.07. The van der Waals surface area contributed by atoms with Crippen LogP contribution in [0, 0.1) is 5.82 Å². The summed E-state index contributed by atoms with van der Waals surface area (Å²) in [5.74, 6) is -0.0276. The number of carbonyl (C=O) groups excluding carboxylic acids is 1. The average molecular weight is 324 g/mol. The molecule has 4 rings (SSSR count). The first-order chi connectivity index (χ1) is 11.6. The number of nitrogens with zero attached hydrogens (tertiary/aromatic N) is 1. The van der Waals surface area contributed by atoms with Crippen LogP contribution in [0.5, 0.6) is 0 Å². The summed E-state index contributed by atoms with van der Waals surface area (Å²) in [6.07, 6.45) is 4.94. The lowest BCUT2D eigenvalue weighted by Crippen LogP contribution is -2.39. The highest BCUT2D eigenvalue weighted by Crippen LogP contribution is 2.41. The quantitative estimate of drug-likeness (QED) is 0.923. The first kappa shape index (κ1) is 14.9. The number of nitrogens with one attached hydrogen (secondary N) is 1. The molecule has 0 spiro atoms. The Bertz CT molecular complexity index is 849. The summed E-state index contributed by atoms with van der Waals surface area (Å²) in [5.41, 5.74) is 2.71. The molecule has 1 aromatic carbocycles. The Morgan fingerprint density at radius 2 is 1.88 bits per heavy atom. The van der Waals surface area contributed by atoms with E-state index in [1.807, 2.05) is 17.0 Å². The van der Waals surface area contributed by atoms with Gasteiger partial charge >= 0.3 is 0 Å². The van der Waals surface area contributed by atoms with E-state index in [-0.39, 0.29) is 29.2 Å². The normalized spacial score (nSPS) is 23.1. The summed E-state index contributed by atoms with van der Waals surface area (Å²) >= 11 is 0. The smallest absolute Gasteiger partial charge is 0.247 e. The monoisotopic (exact) mass is 324 g/mol. The highest BCUT2D eigenvalue weighted by atomic mass is 19.1. The zero-order valence-corrected chi connectivity index (χ0v) is 13.0. The molecule has 0 bridgehead atoms. The van der Waals surface area contributed by atoms with E-state index in [2.05, 4.69) is 4.98 Å². The van der Waals surface area contributed by atoms with Gasteiger partial charge in [-0.05, 0) is 47.7 Å². The highest BCUT2D eigenvalue weighted by Gasteiger charge is 2.40. The van der Waals surface area contributed by atoms with E-state index < -0.39 is 0 Å². The number of pyridine rings is 1. The number of hydrogen-bond donors (Lipinski definition) is 1. The molecule has 24 heavy (non-hydrogen) atoms. The second-order valence-corrected chi connectivity index (χ2v) is 6.36. The topological polar surface area (TPSA) is 53.2 Å². The van der Waals surface area contributed by atoms with E-state index in [0.717, 1.165) is 36.1 Å². The van der Waals surface area contributed by atoms with Crippen LogP contribution in [0.15, 0.2) is 53.5 Å². The van der Waals surface area contributed by atoms with Crippen LogP contribution < -0.4 is 5.56 Å². The standard InChI is InChI=1S/C19H17FN2O2/c20-15-4-1-12(2-5-15)16-7-8-22-17(16)9-14(10-19(22)24)13-3-6-18(23)21-11-13/h1-6,10-11,16-17H,7-9H2,(H,21,23). The molecule has 2 unspecified atom stereocenters. The van der Waals surface area contributed by atoms with E-state index in [1.54, 1.807) is 18.3 Å². The third kappa shape index (κ3) is 2.56. The van der Waals surface area contributed by atoms with Crippen molar-refractivity contribution in [1.29, 1.82) is 0 Å². The number of fused-ring (bicyclic) bond motifs is 1. The number of aromatic amines is 1. The Kier molecular flexibility index (Phi) is 3.56. The SMILES string of the molecule is O=C1C=C(c2ccc(=O)[nH]c2)CC2C(c3ccc(F)cc3)CCN12. The van der Waals surface area contributed by atoms with E-state index in [9.17, 15) is 14.0 Å². The molecule has 1 N–H and O–H groups in total. The van der Waals surface area contributed by atoms with Crippen LogP contribution in [0.2, 0.25) is 0 Å². The molecule has 2 aliphatic rings. The predicted octanol–water partition coefficient (Wildman–Crippen LogP) is 2.69. The van der Waals surface area contributed by atoms with Gasteiger partial charge in [0.05, 0.1) is 0 Å². The number of hydrogen-bond acceptors (Lipinski definition) is 2. The van der Waals surface area contributed by atoms with Gasteiger partial charge in [-0.1, -0.05) is 12.1 Å². The number of benzene rings is 1. The van der Waals surface area contributed by atoms with Gasteiger partial charge in [0.1, 0.15) is 5.82 Å². The lowest BCUT2D eigenvalue weighted by Gasteiger charge is -2.32. The summed E-state index contributed by atoms with van der Waals surface area (Å²) in [5, 5.41) is 0. The molecule has 5 heteroatoms. The van der Waals surface area contributed by atoms with E-state index in [4.69, 9.17) is 0 Å². The molecular weight excluding hydrogens is 307 g/mol. The minimum atomic E-state index is -0.248. The van der Waals surface area contributed by atoms with E-state index in [1.165, 1.54) is 18.2 Å². The molecule has 0 aliphatic carbocycles. The van der Waals surface area contributed by atoms with Crippen LogP contribution in [0.3, 0.4) is 0 Å². The third-order valence-electron chi connectivity index (χ3n) is 5.01. The van der Waals surface area contributed by atoms with Gasteiger partial charge in [-0.15, -0.1) is 0 Å². The van der Waals surface area contributed by atoms with Crippen LogP contribution in [-0.4, -0.2) is 28.4 Å². The molecule has 2 aromatic rings. The molecule has 4 nitrogen and oxygen atoms in total. The Morgan fingerprint density at radius 3 is 2.58 bits per heavy atom. The van der Waals surface area contributed by atoms with Crippen molar-refractivity contribution in [1.82, 2.24) is 9.88 Å². The molecule has 2 atom stereocenters. The van der Waals surface area contributed by atoms with Gasteiger partial charge in [0.2, 0.25) is 11.5 Å². The van der Waals surface area contributed by atoms with Crippen molar-refractivity contribution >= 4 is 11.5 Å². The zero-order valence-electron chi connectivity index (χ0n) is 13.0. The summed E-state index contributed by atoms with van der Waals surface area (Å²) in [7, 11) is 0. The summed E-state index contributed by atoms with van der Waals surface area (Å²) in [6.45, 7) is 0.723. The van der Waals surface area contributed by atoms with Crippen molar-refractivity contribution < 1.29 is 9.18 Å². The van der Waals surface area contributed by atoms with Gasteiger partial charge in [-0.25, -0.2) is 4.39 Å². The fourth-order valence-corrected chi connectivity index (χ4v) is 3.81. The largest absolute Gasteiger partial charge is 0.335 e. The minimum Gasteiger partial charge on any atom is -0.335 e. The molecular formula is C19H17FN2O2. The Labute approximate surface area is 138 Å². The zero-order chi connectivity index (χ0) is 16.7. The number of amides is 1. The molecule has 2 aliphatic heterocycles. The molecule has 1 aromatic heterocycles. The number of halogens is 1. The molecule has 1 fully saturated rings. The fourth-order valence-electron chi connectivity index (χ4n) is 3.81. The predicted molar refractivity (Wildman–Crippen MR) is 88.9 cm³/mol. The summed E-state index contributed by atoms with van der Waals surface area (Å²) in [4.78, 5) is 28.3. The van der Waals surface area contributed by atoms with Crippen LogP contribution in [0.4, 0.5) is 4.39 Å². The molecule has 3 heterocycles. The maximum Gasteiger partial charge on any atom is 0.247 e. The maximum atomic E-state index is 13.2. The number of H-pyrrole nitrogens is 1. The number of carbonyl (C=O) groups is 1. The van der Waals surface area contributed by atoms with E-state index in [0.29, 0.717) is 0 Å². The highest BCUT2D eigenvalue weighted by molar-refractivity contribution is 5.97. The first-order valence-electron chi connectivity index (χ1n) is 8.07. The van der Waals surface area contributed by atoms with Crippen molar-refractivity contribution in [2.45, 2.75) is 24.8 Å². The van der Waals surface area contributed by atoms with Crippen molar-refractivity contribution in [3.63, 3.8) is 0 Å². The van der Waals surface area contributed by atoms with Gasteiger partial charge in [0, 0.05) is 36.8 Å². The van der Waals surface area contributed by atoms with Crippen LogP contribution in [0.1, 0.15) is 29.9 Å². The van der Waals surface area contributed by atoms with Crippen molar-refractivity contribution in [2.75, 3.05) is 6.54 Å². The second kappa shape index (κ2) is 5.74. The second-order valence-electron chi connectivity index (χ2n) is 6.36. The molecule has 122 valence electrons. The Morgan fingerprint density at radius 1 is 1.08 bits per heavy atom. The van der Waals surface area contributed by atoms with Crippen LogP contribution in [-0.2, 0) is 4.79 Å². The van der Waals surface area contributed by atoms with Crippen LogP contribution in [0.25, 0.3) is 5.57 Å². The number of rotatable bonds is 2. The van der Waals surface area contributed by atoms with Crippen molar-refractivity contribution in [3.8, 4) is 0 Å².